The molecule has 0 saturated heterocycles. The number of primary sulfonamides is 1. The largest absolute Gasteiger partial charge is 0.399 e. The summed E-state index contributed by atoms with van der Waals surface area (Å²) in [5, 5.41) is 8.42. The highest BCUT2D eigenvalue weighted by Gasteiger charge is 2.19. The number of thioether (sulfide) groups is 1. The summed E-state index contributed by atoms with van der Waals surface area (Å²) in [6.45, 7) is 6.62. The minimum absolute atomic E-state index is 0.0405. The fourth-order valence-electron chi connectivity index (χ4n) is 1.57. The third-order valence-corrected chi connectivity index (χ3v) is 5.23. The molecule has 0 atom stereocenters. The molecule has 5 nitrogen and oxygen atoms in total. The molecule has 0 heterocycles. The second-order valence-electron chi connectivity index (χ2n) is 5.05. The topological polar surface area (TPSA) is 98.2 Å². The third-order valence-electron chi connectivity index (χ3n) is 2.95. The van der Waals surface area contributed by atoms with Gasteiger partial charge < -0.3 is 11.1 Å². The molecule has 0 spiro atoms. The maximum atomic E-state index is 11.5. The summed E-state index contributed by atoms with van der Waals surface area (Å²) in [4.78, 5) is 0.0666. The molecule has 0 amide bonds. The van der Waals surface area contributed by atoms with Crippen LogP contribution in [-0.2, 0) is 10.0 Å². The van der Waals surface area contributed by atoms with Crippen LogP contribution in [-0.4, -0.2) is 26.0 Å². The summed E-state index contributed by atoms with van der Waals surface area (Å²) >= 11 is 1.73. The van der Waals surface area contributed by atoms with Crippen molar-refractivity contribution in [1.29, 1.82) is 0 Å². The lowest BCUT2D eigenvalue weighted by atomic mass is 10.1. The van der Waals surface area contributed by atoms with E-state index in [-0.39, 0.29) is 9.64 Å². The maximum Gasteiger partial charge on any atom is 0.238 e. The number of anilines is 2. The van der Waals surface area contributed by atoms with E-state index in [1.165, 1.54) is 6.07 Å². The highest BCUT2D eigenvalue weighted by molar-refractivity contribution is 7.99. The van der Waals surface area contributed by atoms with Gasteiger partial charge in [0, 0.05) is 22.7 Å². The average molecular weight is 303 g/mol. The Morgan fingerprint density at radius 3 is 2.42 bits per heavy atom. The molecule has 0 aliphatic heterocycles. The zero-order chi connectivity index (χ0) is 14.8. The Morgan fingerprint density at radius 1 is 1.37 bits per heavy atom. The van der Waals surface area contributed by atoms with Crippen LogP contribution in [0.25, 0.3) is 0 Å². The molecule has 1 rings (SSSR count). The van der Waals surface area contributed by atoms with Crippen LogP contribution >= 0.6 is 11.8 Å². The van der Waals surface area contributed by atoms with Gasteiger partial charge in [-0.1, -0.05) is 0 Å². The number of nitrogens with one attached hydrogen (secondary N) is 1. The van der Waals surface area contributed by atoms with E-state index in [1.807, 2.05) is 6.26 Å². The Kier molecular flexibility index (Phi) is 4.76. The minimum atomic E-state index is -3.76. The lowest BCUT2D eigenvalue weighted by Gasteiger charge is -2.24. The average Bonchev–Trinajstić information content (AvgIpc) is 2.28. The molecule has 0 bridgehead atoms. The van der Waals surface area contributed by atoms with Crippen molar-refractivity contribution in [2.45, 2.75) is 30.4 Å². The summed E-state index contributed by atoms with van der Waals surface area (Å²) in [5.74, 6) is 0. The van der Waals surface area contributed by atoms with E-state index >= 15 is 0 Å². The van der Waals surface area contributed by atoms with E-state index in [0.717, 1.165) is 0 Å². The molecule has 0 unspecified atom stereocenters. The molecule has 0 saturated carbocycles. The number of hydrogen-bond acceptors (Lipinski definition) is 5. The first-order chi connectivity index (χ1) is 8.57. The van der Waals surface area contributed by atoms with Crippen molar-refractivity contribution in [3.05, 3.63) is 17.7 Å². The second kappa shape index (κ2) is 5.60. The van der Waals surface area contributed by atoms with Gasteiger partial charge in [0.25, 0.3) is 0 Å². The van der Waals surface area contributed by atoms with E-state index in [2.05, 4.69) is 19.2 Å². The maximum absolute atomic E-state index is 11.5. The molecular formula is C12H21N3O2S2. The first-order valence-corrected chi connectivity index (χ1v) is 8.56. The van der Waals surface area contributed by atoms with E-state index in [4.69, 9.17) is 10.9 Å². The van der Waals surface area contributed by atoms with E-state index in [9.17, 15) is 8.42 Å². The Labute approximate surface area is 119 Å². The van der Waals surface area contributed by atoms with Crippen LogP contribution in [0.2, 0.25) is 0 Å². The van der Waals surface area contributed by atoms with Gasteiger partial charge in [0.05, 0.1) is 4.90 Å². The normalized spacial score (nSPS) is 12.5. The van der Waals surface area contributed by atoms with Crippen LogP contribution in [0.5, 0.6) is 0 Å². The van der Waals surface area contributed by atoms with E-state index in [1.54, 1.807) is 24.8 Å². The van der Waals surface area contributed by atoms with Crippen molar-refractivity contribution >= 4 is 33.2 Å². The number of benzene rings is 1. The molecule has 0 aromatic heterocycles. The number of rotatable bonds is 5. The summed E-state index contributed by atoms with van der Waals surface area (Å²) in [7, 11) is -3.76. The van der Waals surface area contributed by atoms with Crippen molar-refractivity contribution < 1.29 is 8.42 Å². The van der Waals surface area contributed by atoms with Crippen LogP contribution < -0.4 is 16.2 Å². The van der Waals surface area contributed by atoms with Crippen LogP contribution in [0.15, 0.2) is 17.0 Å². The predicted octanol–water partition coefficient (Wildman–Crippen LogP) is 1.78. The molecule has 0 aliphatic rings. The Hall–Kier alpha value is -0.920. The van der Waals surface area contributed by atoms with Crippen molar-refractivity contribution in [3.8, 4) is 0 Å². The lowest BCUT2D eigenvalue weighted by molar-refractivity contribution is 0.597. The summed E-state index contributed by atoms with van der Waals surface area (Å²) in [6.07, 6.45) is 2.03. The van der Waals surface area contributed by atoms with Gasteiger partial charge in [-0.3, -0.25) is 0 Å². The Balaban J connectivity index is 3.13. The lowest BCUT2D eigenvalue weighted by Crippen LogP contribution is -2.26. The molecular weight excluding hydrogens is 282 g/mol. The number of hydrogen-bond donors (Lipinski definition) is 3. The molecule has 1 aromatic rings. The number of sulfonamides is 1. The fraction of sp³-hybridized carbons (Fsp3) is 0.500. The predicted molar refractivity (Wildman–Crippen MR) is 83.0 cm³/mol. The Bertz CT molecular complexity index is 569. The zero-order valence-corrected chi connectivity index (χ0v) is 13.3. The van der Waals surface area contributed by atoms with Crippen LogP contribution in [0, 0.1) is 6.92 Å². The highest BCUT2D eigenvalue weighted by Crippen LogP contribution is 2.28. The molecule has 19 heavy (non-hydrogen) atoms. The van der Waals surface area contributed by atoms with Crippen LogP contribution in [0.4, 0.5) is 11.4 Å². The summed E-state index contributed by atoms with van der Waals surface area (Å²) < 4.78 is 23.1. The molecule has 5 N–H and O–H groups in total. The smallest absolute Gasteiger partial charge is 0.238 e. The highest BCUT2D eigenvalue weighted by atomic mass is 32.2. The van der Waals surface area contributed by atoms with E-state index < -0.39 is 10.0 Å². The van der Waals surface area contributed by atoms with Gasteiger partial charge in [-0.25, -0.2) is 13.6 Å². The SMILES string of the molecule is CSC(C)(C)CNc1cc(N)cc(S(N)(=O)=O)c1C. The van der Waals surface area contributed by atoms with Crippen molar-refractivity contribution in [3.63, 3.8) is 0 Å². The van der Waals surface area contributed by atoms with Gasteiger partial charge in [-0.05, 0) is 44.7 Å². The van der Waals surface area contributed by atoms with Crippen molar-refractivity contribution in [2.24, 2.45) is 5.14 Å². The first kappa shape index (κ1) is 16.1. The van der Waals surface area contributed by atoms with Gasteiger partial charge >= 0.3 is 0 Å². The standard InChI is InChI=1S/C12H21N3O2S2/c1-8-10(15-7-12(2,3)18-4)5-9(13)6-11(8)19(14,16)17/h5-6,15H,7,13H2,1-4H3,(H2,14,16,17). The fourth-order valence-corrected chi connectivity index (χ4v) is 2.62. The quantitative estimate of drug-likeness (QED) is 0.720. The Morgan fingerprint density at radius 2 is 1.95 bits per heavy atom. The zero-order valence-electron chi connectivity index (χ0n) is 11.6. The summed E-state index contributed by atoms with van der Waals surface area (Å²) in [5.41, 5.74) is 7.40. The minimum Gasteiger partial charge on any atom is -0.399 e. The van der Waals surface area contributed by atoms with Crippen LogP contribution in [0.1, 0.15) is 19.4 Å². The van der Waals surface area contributed by atoms with Gasteiger partial charge in [-0.15, -0.1) is 0 Å². The molecule has 1 aromatic carbocycles. The van der Waals surface area contributed by atoms with Crippen molar-refractivity contribution in [1.82, 2.24) is 0 Å². The molecule has 108 valence electrons. The molecule has 7 heteroatoms. The molecule has 0 aliphatic carbocycles. The number of nitrogens with two attached hydrogens (primary N) is 2. The van der Waals surface area contributed by atoms with E-state index in [0.29, 0.717) is 23.5 Å². The molecule has 0 fully saturated rings. The van der Waals surface area contributed by atoms with Gasteiger partial charge in [-0.2, -0.15) is 11.8 Å². The van der Waals surface area contributed by atoms with Crippen molar-refractivity contribution in [2.75, 3.05) is 23.9 Å². The third kappa shape index (κ3) is 4.29. The monoisotopic (exact) mass is 303 g/mol. The first-order valence-electron chi connectivity index (χ1n) is 5.79. The van der Waals surface area contributed by atoms with Gasteiger partial charge in [0.2, 0.25) is 10.0 Å². The van der Waals surface area contributed by atoms with Gasteiger partial charge in [0.15, 0.2) is 0 Å². The van der Waals surface area contributed by atoms with Crippen LogP contribution in [0.3, 0.4) is 0 Å². The second-order valence-corrected chi connectivity index (χ2v) is 8.10. The number of nitrogen functional groups attached to an aromatic ring is 1. The molecule has 0 radical (unpaired) electrons. The van der Waals surface area contributed by atoms with Gasteiger partial charge in [0.1, 0.15) is 0 Å². The summed E-state index contributed by atoms with van der Waals surface area (Å²) in [6, 6.07) is 3.11.